The minimum atomic E-state index is 0.00842. The van der Waals surface area contributed by atoms with Crippen LogP contribution < -0.4 is 11.5 Å². The molecule has 0 saturated heterocycles. The minimum absolute atomic E-state index is 0.00842. The summed E-state index contributed by atoms with van der Waals surface area (Å²) < 4.78 is 0. The van der Waals surface area contributed by atoms with Crippen LogP contribution in [0.2, 0.25) is 0 Å². The first-order valence-electron chi connectivity index (χ1n) is 5.30. The summed E-state index contributed by atoms with van der Waals surface area (Å²) in [5.74, 6) is 1.54. The molecule has 0 heterocycles. The highest BCUT2D eigenvalue weighted by molar-refractivity contribution is 5.76. The molecule has 0 aromatic carbocycles. The first kappa shape index (κ1) is 11.8. The van der Waals surface area contributed by atoms with Gasteiger partial charge in [-0.05, 0) is 25.2 Å². The van der Waals surface area contributed by atoms with E-state index in [0.29, 0.717) is 17.8 Å². The Balaban J connectivity index is 2.70. The zero-order valence-corrected chi connectivity index (χ0v) is 9.64. The van der Waals surface area contributed by atoms with E-state index in [9.17, 15) is 0 Å². The first-order chi connectivity index (χ1) is 7.00. The maximum atomic E-state index is 5.20. The van der Waals surface area contributed by atoms with E-state index < -0.39 is 0 Å². The molecule has 1 aliphatic carbocycles. The van der Waals surface area contributed by atoms with Gasteiger partial charge in [0.15, 0.2) is 0 Å². The highest BCUT2D eigenvalue weighted by Gasteiger charge is 2.24. The van der Waals surface area contributed by atoms with Crippen LogP contribution in [0.3, 0.4) is 0 Å². The molecule has 1 rings (SSSR count). The van der Waals surface area contributed by atoms with E-state index in [1.807, 2.05) is 6.21 Å². The predicted molar refractivity (Wildman–Crippen MR) is 64.5 cm³/mol. The van der Waals surface area contributed by atoms with Crippen LogP contribution in [0.1, 0.15) is 27.2 Å². The van der Waals surface area contributed by atoms with Gasteiger partial charge >= 0.3 is 0 Å². The number of allylic oxidation sites excluding steroid dienone is 2. The van der Waals surface area contributed by atoms with Crippen LogP contribution in [0.15, 0.2) is 21.9 Å². The highest BCUT2D eigenvalue weighted by Crippen LogP contribution is 2.32. The zero-order chi connectivity index (χ0) is 11.4. The third-order valence-electron chi connectivity index (χ3n) is 2.87. The van der Waals surface area contributed by atoms with E-state index in [2.05, 4.69) is 37.1 Å². The van der Waals surface area contributed by atoms with Crippen molar-refractivity contribution in [1.29, 1.82) is 0 Å². The summed E-state index contributed by atoms with van der Waals surface area (Å²) in [6.45, 7) is 6.61. The van der Waals surface area contributed by atoms with Crippen LogP contribution in [0.25, 0.3) is 0 Å². The quantitative estimate of drug-likeness (QED) is 0.312. The molecule has 0 saturated carbocycles. The van der Waals surface area contributed by atoms with E-state index in [1.54, 1.807) is 0 Å². The van der Waals surface area contributed by atoms with E-state index in [-0.39, 0.29) is 5.96 Å². The van der Waals surface area contributed by atoms with Gasteiger partial charge in [-0.2, -0.15) is 5.10 Å². The van der Waals surface area contributed by atoms with Gasteiger partial charge in [0, 0.05) is 12.1 Å². The molecule has 15 heavy (non-hydrogen) atoms. The van der Waals surface area contributed by atoms with E-state index in [0.717, 1.165) is 6.42 Å². The maximum absolute atomic E-state index is 5.20. The van der Waals surface area contributed by atoms with Gasteiger partial charge in [-0.3, -0.25) is 0 Å². The Morgan fingerprint density at radius 1 is 1.47 bits per heavy atom. The lowest BCUT2D eigenvalue weighted by atomic mass is 9.76. The Morgan fingerprint density at radius 3 is 2.67 bits per heavy atom. The molecule has 4 N–H and O–H groups in total. The lowest BCUT2D eigenvalue weighted by molar-refractivity contribution is 0.362. The topological polar surface area (TPSA) is 76.8 Å². The fourth-order valence-corrected chi connectivity index (χ4v) is 2.25. The molecule has 3 atom stereocenters. The molecule has 0 bridgehead atoms. The minimum Gasteiger partial charge on any atom is -0.369 e. The standard InChI is InChI=1S/C11H20N4/c1-7-4-8(2)10(9(3)5-7)6-14-15-11(12)13/h4,6,8-10H,5H2,1-3H3,(H4,12,13,15). The molecule has 3 unspecified atom stereocenters. The molecule has 0 aromatic heterocycles. The van der Waals surface area contributed by atoms with Crippen LogP contribution in [0, 0.1) is 17.8 Å². The van der Waals surface area contributed by atoms with Crippen molar-refractivity contribution < 1.29 is 0 Å². The van der Waals surface area contributed by atoms with E-state index in [4.69, 9.17) is 11.5 Å². The fourth-order valence-electron chi connectivity index (χ4n) is 2.25. The van der Waals surface area contributed by atoms with Gasteiger partial charge in [0.05, 0.1) is 0 Å². The number of hydrogen-bond acceptors (Lipinski definition) is 2. The monoisotopic (exact) mass is 208 g/mol. The second-order valence-electron chi connectivity index (χ2n) is 4.42. The Morgan fingerprint density at radius 2 is 2.13 bits per heavy atom. The Bertz CT molecular complexity index is 300. The number of guanidine groups is 1. The van der Waals surface area contributed by atoms with Crippen molar-refractivity contribution in [2.24, 2.45) is 39.4 Å². The van der Waals surface area contributed by atoms with Crippen molar-refractivity contribution in [2.75, 3.05) is 0 Å². The van der Waals surface area contributed by atoms with Crippen LogP contribution >= 0.6 is 0 Å². The largest absolute Gasteiger partial charge is 0.369 e. The second kappa shape index (κ2) is 4.96. The lowest BCUT2D eigenvalue weighted by Crippen LogP contribution is -2.25. The average molecular weight is 208 g/mol. The fraction of sp³-hybridized carbons (Fsp3) is 0.636. The molecule has 0 aromatic rings. The summed E-state index contributed by atoms with van der Waals surface area (Å²) in [6, 6.07) is 0. The molecule has 0 aliphatic heterocycles. The van der Waals surface area contributed by atoms with Crippen molar-refractivity contribution in [3.8, 4) is 0 Å². The van der Waals surface area contributed by atoms with Crippen molar-refractivity contribution in [1.82, 2.24) is 0 Å². The van der Waals surface area contributed by atoms with Gasteiger partial charge in [0.2, 0.25) is 5.96 Å². The van der Waals surface area contributed by atoms with Crippen LogP contribution in [0.5, 0.6) is 0 Å². The molecule has 84 valence electrons. The molecular weight excluding hydrogens is 188 g/mol. The number of nitrogens with zero attached hydrogens (tertiary/aromatic N) is 2. The second-order valence-corrected chi connectivity index (χ2v) is 4.42. The Hall–Kier alpha value is -1.32. The number of rotatable bonds is 2. The molecule has 0 radical (unpaired) electrons. The molecule has 4 nitrogen and oxygen atoms in total. The molecule has 0 spiro atoms. The van der Waals surface area contributed by atoms with Gasteiger partial charge in [-0.1, -0.05) is 25.5 Å². The molecule has 0 amide bonds. The van der Waals surface area contributed by atoms with Gasteiger partial charge in [0.25, 0.3) is 0 Å². The lowest BCUT2D eigenvalue weighted by Gasteiger charge is -2.29. The van der Waals surface area contributed by atoms with E-state index in [1.165, 1.54) is 5.57 Å². The van der Waals surface area contributed by atoms with Crippen LogP contribution in [0.4, 0.5) is 0 Å². The predicted octanol–water partition coefficient (Wildman–Crippen LogP) is 1.48. The van der Waals surface area contributed by atoms with Gasteiger partial charge in [0.1, 0.15) is 0 Å². The Labute approximate surface area is 91.1 Å². The normalized spacial score (nSPS) is 31.4. The average Bonchev–Trinajstić information content (AvgIpc) is 2.08. The van der Waals surface area contributed by atoms with E-state index >= 15 is 0 Å². The van der Waals surface area contributed by atoms with Gasteiger partial charge < -0.3 is 11.5 Å². The van der Waals surface area contributed by atoms with Gasteiger partial charge in [-0.15, -0.1) is 5.10 Å². The summed E-state index contributed by atoms with van der Waals surface area (Å²) in [5, 5.41) is 7.53. The van der Waals surface area contributed by atoms with Crippen molar-refractivity contribution >= 4 is 12.2 Å². The van der Waals surface area contributed by atoms with Gasteiger partial charge in [-0.25, -0.2) is 0 Å². The summed E-state index contributed by atoms with van der Waals surface area (Å²) in [4.78, 5) is 0. The third kappa shape index (κ3) is 3.38. The SMILES string of the molecule is CC1=CC(C)C(C=NN=C(N)N)C(C)C1. The van der Waals surface area contributed by atoms with Crippen LogP contribution in [-0.4, -0.2) is 12.2 Å². The highest BCUT2D eigenvalue weighted by atomic mass is 15.3. The summed E-state index contributed by atoms with van der Waals surface area (Å²) >= 11 is 0. The molecule has 1 aliphatic rings. The molecule has 4 heteroatoms. The van der Waals surface area contributed by atoms with Crippen molar-refractivity contribution in [2.45, 2.75) is 27.2 Å². The van der Waals surface area contributed by atoms with Crippen molar-refractivity contribution in [3.63, 3.8) is 0 Å². The smallest absolute Gasteiger partial charge is 0.211 e. The number of hydrogen-bond donors (Lipinski definition) is 2. The summed E-state index contributed by atoms with van der Waals surface area (Å²) in [5.41, 5.74) is 11.9. The Kier molecular flexibility index (Phi) is 3.88. The summed E-state index contributed by atoms with van der Waals surface area (Å²) in [6.07, 6.45) is 5.28. The zero-order valence-electron chi connectivity index (χ0n) is 9.64. The van der Waals surface area contributed by atoms with Crippen LogP contribution in [-0.2, 0) is 0 Å². The first-order valence-corrected chi connectivity index (χ1v) is 5.30. The maximum Gasteiger partial charge on any atom is 0.211 e. The van der Waals surface area contributed by atoms with Crippen molar-refractivity contribution in [3.05, 3.63) is 11.6 Å². The third-order valence-corrected chi connectivity index (χ3v) is 2.87. The summed E-state index contributed by atoms with van der Waals surface area (Å²) in [7, 11) is 0. The number of nitrogens with two attached hydrogens (primary N) is 2. The molecular formula is C11H20N4. The molecule has 0 fully saturated rings.